The highest BCUT2D eigenvalue weighted by Gasteiger charge is 2.09. The molecule has 0 aliphatic heterocycles. The largest absolute Gasteiger partial charge is 0.489 e. The minimum atomic E-state index is -0.647. The van der Waals surface area contributed by atoms with Crippen LogP contribution in [-0.4, -0.2) is 17.0 Å². The van der Waals surface area contributed by atoms with Crippen LogP contribution in [0.25, 0.3) is 0 Å². The molecule has 6 heteroatoms. The van der Waals surface area contributed by atoms with Gasteiger partial charge in [0.05, 0.1) is 0 Å². The van der Waals surface area contributed by atoms with E-state index >= 15 is 0 Å². The Morgan fingerprint density at radius 2 is 1.56 bits per heavy atom. The molecule has 0 unspecified atom stereocenters. The zero-order chi connectivity index (χ0) is 19.1. The van der Waals surface area contributed by atoms with E-state index < -0.39 is 5.91 Å². The van der Waals surface area contributed by atoms with Crippen molar-refractivity contribution in [2.75, 3.05) is 5.32 Å². The summed E-state index contributed by atoms with van der Waals surface area (Å²) in [5, 5.41) is 11.4. The van der Waals surface area contributed by atoms with E-state index in [1.54, 1.807) is 41.9 Å². The molecular weight excluding hydrogens is 344 g/mol. The van der Waals surface area contributed by atoms with E-state index in [4.69, 9.17) is 9.94 Å². The van der Waals surface area contributed by atoms with Crippen LogP contribution in [0.5, 0.6) is 5.75 Å². The Kier molecular flexibility index (Phi) is 5.81. The van der Waals surface area contributed by atoms with E-state index in [1.165, 1.54) is 12.1 Å². The number of carbonyl (C=O) groups is 2. The summed E-state index contributed by atoms with van der Waals surface area (Å²) in [6.45, 7) is 0.450. The van der Waals surface area contributed by atoms with Gasteiger partial charge >= 0.3 is 0 Å². The van der Waals surface area contributed by atoms with E-state index in [9.17, 15) is 9.59 Å². The van der Waals surface area contributed by atoms with Gasteiger partial charge in [-0.1, -0.05) is 36.4 Å². The molecule has 0 radical (unpaired) electrons. The second kappa shape index (κ2) is 8.64. The van der Waals surface area contributed by atoms with Crippen LogP contribution in [0.1, 0.15) is 26.3 Å². The maximum atomic E-state index is 12.4. The van der Waals surface area contributed by atoms with Crippen LogP contribution in [0.3, 0.4) is 0 Å². The Bertz CT molecular complexity index is 924. The summed E-state index contributed by atoms with van der Waals surface area (Å²) in [4.78, 5) is 23.8. The fourth-order valence-corrected chi connectivity index (χ4v) is 2.45. The normalized spacial score (nSPS) is 10.1. The number of hydroxylamine groups is 1. The summed E-state index contributed by atoms with van der Waals surface area (Å²) in [5.41, 5.74) is 3.76. The number of nitrogens with one attached hydrogen (secondary N) is 2. The molecule has 0 atom stereocenters. The number of carbonyl (C=O) groups excluding carboxylic acids is 2. The zero-order valence-corrected chi connectivity index (χ0v) is 14.4. The highest BCUT2D eigenvalue weighted by molar-refractivity contribution is 6.05. The second-order valence-electron chi connectivity index (χ2n) is 5.77. The quantitative estimate of drug-likeness (QED) is 0.461. The van der Waals surface area contributed by atoms with Crippen molar-refractivity contribution in [3.05, 3.63) is 95.6 Å². The smallest absolute Gasteiger partial charge is 0.274 e. The lowest BCUT2D eigenvalue weighted by Gasteiger charge is -2.09. The van der Waals surface area contributed by atoms with Crippen LogP contribution in [0, 0.1) is 0 Å². The highest BCUT2D eigenvalue weighted by Crippen LogP contribution is 2.16. The molecule has 3 aromatic carbocycles. The number of anilines is 1. The van der Waals surface area contributed by atoms with E-state index in [1.807, 2.05) is 30.3 Å². The molecule has 0 aromatic heterocycles. The van der Waals surface area contributed by atoms with Gasteiger partial charge < -0.3 is 10.1 Å². The lowest BCUT2D eigenvalue weighted by Crippen LogP contribution is -2.19. The third kappa shape index (κ3) is 4.93. The Hall–Kier alpha value is -3.64. The molecule has 3 N–H and O–H groups in total. The van der Waals surface area contributed by atoms with Crippen LogP contribution in [0.15, 0.2) is 78.9 Å². The van der Waals surface area contributed by atoms with Gasteiger partial charge in [-0.25, -0.2) is 5.48 Å². The van der Waals surface area contributed by atoms with Gasteiger partial charge in [0.15, 0.2) is 0 Å². The molecule has 0 saturated heterocycles. The number of rotatable bonds is 6. The fourth-order valence-electron chi connectivity index (χ4n) is 2.45. The molecule has 0 aliphatic rings. The van der Waals surface area contributed by atoms with Crippen molar-refractivity contribution in [2.24, 2.45) is 0 Å². The molecule has 0 aliphatic carbocycles. The first kappa shape index (κ1) is 18.2. The molecule has 27 heavy (non-hydrogen) atoms. The van der Waals surface area contributed by atoms with Crippen molar-refractivity contribution in [1.29, 1.82) is 0 Å². The van der Waals surface area contributed by atoms with Gasteiger partial charge in [-0.15, -0.1) is 0 Å². The summed E-state index contributed by atoms with van der Waals surface area (Å²) in [6.07, 6.45) is 0. The first-order chi connectivity index (χ1) is 13.2. The van der Waals surface area contributed by atoms with Crippen LogP contribution < -0.4 is 15.5 Å². The molecule has 0 spiro atoms. The van der Waals surface area contributed by atoms with Crippen molar-refractivity contribution < 1.29 is 19.5 Å². The van der Waals surface area contributed by atoms with Gasteiger partial charge in [-0.05, 0) is 48.0 Å². The third-order valence-corrected chi connectivity index (χ3v) is 3.85. The molecule has 3 aromatic rings. The van der Waals surface area contributed by atoms with Gasteiger partial charge in [0.2, 0.25) is 0 Å². The first-order valence-electron chi connectivity index (χ1n) is 8.28. The summed E-state index contributed by atoms with van der Waals surface area (Å²) < 4.78 is 5.70. The van der Waals surface area contributed by atoms with E-state index in [0.717, 1.165) is 5.56 Å². The zero-order valence-electron chi connectivity index (χ0n) is 14.4. The van der Waals surface area contributed by atoms with Crippen molar-refractivity contribution in [1.82, 2.24) is 5.48 Å². The minimum Gasteiger partial charge on any atom is -0.489 e. The number of benzene rings is 3. The standard InChI is InChI=1S/C21H18N2O4/c24-20(22-18-8-4-7-17(13-18)21(25)23-26)16-9-11-19(12-10-16)27-14-15-5-2-1-3-6-15/h1-13,26H,14H2,(H,22,24)(H,23,25). The summed E-state index contributed by atoms with van der Waals surface area (Å²) in [6, 6.07) is 22.9. The van der Waals surface area contributed by atoms with Crippen LogP contribution in [0.2, 0.25) is 0 Å². The Morgan fingerprint density at radius 1 is 0.815 bits per heavy atom. The van der Waals surface area contributed by atoms with Crippen LogP contribution in [0.4, 0.5) is 5.69 Å². The number of hydrogen-bond donors (Lipinski definition) is 3. The molecule has 136 valence electrons. The molecule has 0 fully saturated rings. The molecule has 2 amide bonds. The lowest BCUT2D eigenvalue weighted by atomic mass is 10.1. The molecule has 0 bridgehead atoms. The van der Waals surface area contributed by atoms with E-state index in [-0.39, 0.29) is 11.5 Å². The molecule has 0 heterocycles. The van der Waals surface area contributed by atoms with Crippen LogP contribution >= 0.6 is 0 Å². The summed E-state index contributed by atoms with van der Waals surface area (Å²) in [5.74, 6) is -0.297. The second-order valence-corrected chi connectivity index (χ2v) is 5.77. The predicted molar refractivity (Wildman–Crippen MR) is 101 cm³/mol. The van der Waals surface area contributed by atoms with Crippen molar-refractivity contribution in [2.45, 2.75) is 6.61 Å². The van der Waals surface area contributed by atoms with Crippen molar-refractivity contribution >= 4 is 17.5 Å². The SMILES string of the molecule is O=C(NO)c1cccc(NC(=O)c2ccc(OCc3ccccc3)cc2)c1. The fraction of sp³-hybridized carbons (Fsp3) is 0.0476. The monoisotopic (exact) mass is 362 g/mol. The lowest BCUT2D eigenvalue weighted by molar-refractivity contribution is 0.0706. The highest BCUT2D eigenvalue weighted by atomic mass is 16.5. The van der Waals surface area contributed by atoms with Gasteiger partial charge in [-0.3, -0.25) is 14.8 Å². The Morgan fingerprint density at radius 3 is 2.26 bits per heavy atom. The third-order valence-electron chi connectivity index (χ3n) is 3.85. The van der Waals surface area contributed by atoms with E-state index in [0.29, 0.717) is 23.6 Å². The number of ether oxygens (including phenoxy) is 1. The molecular formula is C21H18N2O4. The minimum absolute atomic E-state index is 0.236. The average Bonchev–Trinajstić information content (AvgIpc) is 2.73. The Labute approximate surface area is 156 Å². The number of amides is 2. The van der Waals surface area contributed by atoms with Crippen molar-refractivity contribution in [3.8, 4) is 5.75 Å². The first-order valence-corrected chi connectivity index (χ1v) is 8.28. The molecule has 3 rings (SSSR count). The summed E-state index contributed by atoms with van der Waals surface area (Å²) >= 11 is 0. The van der Waals surface area contributed by atoms with E-state index in [2.05, 4.69) is 5.32 Å². The van der Waals surface area contributed by atoms with Gasteiger partial charge in [0.25, 0.3) is 11.8 Å². The Balaban J connectivity index is 1.61. The van der Waals surface area contributed by atoms with Crippen LogP contribution in [-0.2, 0) is 6.61 Å². The molecule has 6 nitrogen and oxygen atoms in total. The average molecular weight is 362 g/mol. The van der Waals surface area contributed by atoms with Gasteiger partial charge in [-0.2, -0.15) is 0 Å². The van der Waals surface area contributed by atoms with Gasteiger partial charge in [0, 0.05) is 16.8 Å². The van der Waals surface area contributed by atoms with Crippen molar-refractivity contribution in [3.63, 3.8) is 0 Å². The maximum Gasteiger partial charge on any atom is 0.274 e. The molecule has 0 saturated carbocycles. The summed E-state index contributed by atoms with van der Waals surface area (Å²) in [7, 11) is 0. The predicted octanol–water partition coefficient (Wildman–Crippen LogP) is 3.64. The van der Waals surface area contributed by atoms with Gasteiger partial charge in [0.1, 0.15) is 12.4 Å². The maximum absolute atomic E-state index is 12.4. The topological polar surface area (TPSA) is 87.7 Å². The number of hydrogen-bond acceptors (Lipinski definition) is 4.